The van der Waals surface area contributed by atoms with Gasteiger partial charge in [-0.25, -0.2) is 0 Å². The first kappa shape index (κ1) is 19.9. The van der Waals surface area contributed by atoms with Crippen LogP contribution in [0.25, 0.3) is 10.9 Å². The molecule has 1 unspecified atom stereocenters. The average Bonchev–Trinajstić information content (AvgIpc) is 3.17. The number of carbonyl (C=O) groups is 1. The monoisotopic (exact) mass is 434 g/mol. The zero-order chi connectivity index (χ0) is 22.5. The average molecular weight is 434 g/mol. The Hall–Kier alpha value is -4.07. The molecule has 1 aliphatic heterocycles. The molecule has 0 radical (unpaired) electrons. The lowest BCUT2D eigenvalue weighted by Crippen LogP contribution is -2.37. The second-order valence-corrected chi connectivity index (χ2v) is 7.47. The third-order valence-electron chi connectivity index (χ3n) is 5.51. The predicted octanol–water partition coefficient (Wildman–Crippen LogP) is 4.99. The lowest BCUT2D eigenvalue weighted by molar-refractivity contribution is -0.137. The van der Waals surface area contributed by atoms with Crippen LogP contribution in [0.15, 0.2) is 84.0 Å². The maximum absolute atomic E-state index is 13.1. The molecule has 5 nitrogen and oxygen atoms in total. The molecule has 1 atom stereocenters. The zero-order valence-electron chi connectivity index (χ0n) is 16.6. The van der Waals surface area contributed by atoms with Crippen LogP contribution in [0.2, 0.25) is 0 Å². The van der Waals surface area contributed by atoms with E-state index < -0.39 is 23.7 Å². The summed E-state index contributed by atoms with van der Waals surface area (Å²) >= 11 is 0. The van der Waals surface area contributed by atoms with Crippen molar-refractivity contribution in [2.45, 2.75) is 12.2 Å². The van der Waals surface area contributed by atoms with Crippen LogP contribution in [0.5, 0.6) is 0 Å². The van der Waals surface area contributed by atoms with Crippen LogP contribution in [0.1, 0.15) is 28.4 Å². The highest BCUT2D eigenvalue weighted by molar-refractivity contribution is 6.47. The topological polar surface area (TPSA) is 74.5 Å². The molecule has 32 heavy (non-hydrogen) atoms. The van der Waals surface area contributed by atoms with Crippen molar-refractivity contribution >= 4 is 28.2 Å². The van der Waals surface area contributed by atoms with Gasteiger partial charge in [-0.3, -0.25) is 9.80 Å². The molecular weight excluding hydrogens is 417 g/mol. The Kier molecular flexibility index (Phi) is 4.51. The molecule has 0 fully saturated rings. The number of benzene rings is 3. The van der Waals surface area contributed by atoms with E-state index in [-0.39, 0.29) is 5.71 Å². The summed E-state index contributed by atoms with van der Waals surface area (Å²) < 4.78 is 39.2. The van der Waals surface area contributed by atoms with Crippen LogP contribution in [-0.2, 0) is 11.0 Å². The van der Waals surface area contributed by atoms with Crippen LogP contribution in [0.3, 0.4) is 0 Å². The van der Waals surface area contributed by atoms with Gasteiger partial charge in [0.25, 0.3) is 5.91 Å². The second kappa shape index (κ2) is 7.26. The number of carbonyl (C=O) groups excluding carboxylic acids is 1. The van der Waals surface area contributed by atoms with Crippen LogP contribution >= 0.6 is 0 Å². The molecule has 0 aliphatic carbocycles. The molecule has 0 spiro atoms. The summed E-state index contributed by atoms with van der Waals surface area (Å²) in [4.78, 5) is 15.7. The molecule has 3 N–H and O–H groups in total. The van der Waals surface area contributed by atoms with E-state index in [9.17, 15) is 18.0 Å². The third kappa shape index (κ3) is 3.20. The minimum absolute atomic E-state index is 0.0459. The van der Waals surface area contributed by atoms with Gasteiger partial charge < -0.3 is 10.7 Å². The van der Waals surface area contributed by atoms with E-state index in [4.69, 9.17) is 5.73 Å². The molecule has 1 amide bonds. The molecule has 1 aliphatic rings. The summed E-state index contributed by atoms with van der Waals surface area (Å²) in [7, 11) is 0. The lowest BCUT2D eigenvalue weighted by Gasteiger charge is -2.34. The van der Waals surface area contributed by atoms with Gasteiger partial charge in [0.15, 0.2) is 5.71 Å². The molecule has 0 saturated heterocycles. The fourth-order valence-electron chi connectivity index (χ4n) is 4.09. The second-order valence-electron chi connectivity index (χ2n) is 7.47. The van der Waals surface area contributed by atoms with Gasteiger partial charge in [-0.05, 0) is 35.9 Å². The fourth-order valence-corrected chi connectivity index (χ4v) is 4.09. The number of nitrogens with zero attached hydrogens (tertiary/aromatic N) is 2. The van der Waals surface area contributed by atoms with Gasteiger partial charge in [-0.15, -0.1) is 0 Å². The van der Waals surface area contributed by atoms with E-state index in [0.717, 1.165) is 28.6 Å². The Labute approximate surface area is 181 Å². The molecule has 0 saturated carbocycles. The summed E-state index contributed by atoms with van der Waals surface area (Å²) in [6, 6.07) is 21.1. The SMILES string of the molecule is NC(=O)C1=NN(c2ccc(C(F)(F)F)cc2)C(c2ccccc2)c2[nH]c3ccccc3c21. The highest BCUT2D eigenvalue weighted by Gasteiger charge is 2.36. The Morgan fingerprint density at radius 1 is 0.938 bits per heavy atom. The summed E-state index contributed by atoms with van der Waals surface area (Å²) in [6.45, 7) is 0. The lowest BCUT2D eigenvalue weighted by atomic mass is 9.94. The van der Waals surface area contributed by atoms with E-state index in [2.05, 4.69) is 10.1 Å². The van der Waals surface area contributed by atoms with E-state index in [1.165, 1.54) is 17.1 Å². The van der Waals surface area contributed by atoms with Crippen molar-refractivity contribution in [2.24, 2.45) is 10.8 Å². The number of primary amides is 1. The number of aromatic amines is 1. The zero-order valence-corrected chi connectivity index (χ0v) is 16.6. The number of hydrogen-bond acceptors (Lipinski definition) is 3. The van der Waals surface area contributed by atoms with Gasteiger partial charge >= 0.3 is 6.18 Å². The number of nitrogens with one attached hydrogen (secondary N) is 1. The van der Waals surface area contributed by atoms with Gasteiger partial charge in [0.2, 0.25) is 0 Å². The molecule has 5 rings (SSSR count). The number of H-pyrrole nitrogens is 1. The van der Waals surface area contributed by atoms with Crippen molar-refractivity contribution in [3.63, 3.8) is 0 Å². The number of para-hydroxylation sites is 1. The van der Waals surface area contributed by atoms with E-state index in [1.807, 2.05) is 54.6 Å². The number of nitrogens with two attached hydrogens (primary N) is 1. The number of amides is 1. The van der Waals surface area contributed by atoms with Crippen LogP contribution in [0.4, 0.5) is 18.9 Å². The third-order valence-corrected chi connectivity index (χ3v) is 5.51. The molecule has 8 heteroatoms. The molecule has 4 aromatic rings. The summed E-state index contributed by atoms with van der Waals surface area (Å²) in [5, 5.41) is 6.87. The Morgan fingerprint density at radius 2 is 1.59 bits per heavy atom. The highest BCUT2D eigenvalue weighted by Crippen LogP contribution is 2.41. The first-order chi connectivity index (χ1) is 15.3. The molecule has 1 aromatic heterocycles. The number of rotatable bonds is 3. The van der Waals surface area contributed by atoms with Crippen molar-refractivity contribution < 1.29 is 18.0 Å². The number of hydrogen-bond donors (Lipinski definition) is 2. The minimum Gasteiger partial charge on any atom is -0.364 e. The van der Waals surface area contributed by atoms with Gasteiger partial charge in [-0.2, -0.15) is 18.3 Å². The summed E-state index contributed by atoms with van der Waals surface area (Å²) in [6.07, 6.45) is -4.45. The summed E-state index contributed by atoms with van der Waals surface area (Å²) in [5.41, 5.74) is 8.32. The van der Waals surface area contributed by atoms with E-state index >= 15 is 0 Å². The normalized spacial score (nSPS) is 16.0. The molecule has 160 valence electrons. The van der Waals surface area contributed by atoms with Crippen LogP contribution in [-0.4, -0.2) is 16.6 Å². The largest absolute Gasteiger partial charge is 0.416 e. The molecule has 2 heterocycles. The van der Waals surface area contributed by atoms with Crippen molar-refractivity contribution in [1.29, 1.82) is 0 Å². The first-order valence-electron chi connectivity index (χ1n) is 9.85. The van der Waals surface area contributed by atoms with Gasteiger partial charge in [0.05, 0.1) is 16.9 Å². The first-order valence-corrected chi connectivity index (χ1v) is 9.85. The predicted molar refractivity (Wildman–Crippen MR) is 116 cm³/mol. The van der Waals surface area contributed by atoms with Crippen LogP contribution in [0, 0.1) is 0 Å². The standard InChI is InChI=1S/C24H17F3N4O/c25-24(26,27)15-10-12-16(13-11-15)31-22(14-6-2-1-3-7-14)20-19(21(30-31)23(28)32)17-8-4-5-9-18(17)29-20/h1-13,22,29H,(H2,28,32). The van der Waals surface area contributed by atoms with Crippen molar-refractivity contribution in [3.05, 3.63) is 101 Å². The minimum atomic E-state index is -4.45. The van der Waals surface area contributed by atoms with E-state index in [0.29, 0.717) is 16.9 Å². The highest BCUT2D eigenvalue weighted by atomic mass is 19.4. The quantitative estimate of drug-likeness (QED) is 0.477. The van der Waals surface area contributed by atoms with Crippen LogP contribution < -0.4 is 10.7 Å². The number of alkyl halides is 3. The number of anilines is 1. The Balaban J connectivity index is 1.75. The van der Waals surface area contributed by atoms with Gasteiger partial charge in [0, 0.05) is 16.5 Å². The smallest absolute Gasteiger partial charge is 0.364 e. The maximum atomic E-state index is 13.1. The Morgan fingerprint density at radius 3 is 2.25 bits per heavy atom. The molecule has 3 aromatic carbocycles. The van der Waals surface area contributed by atoms with Gasteiger partial charge in [-0.1, -0.05) is 48.5 Å². The number of aromatic nitrogens is 1. The molecular formula is C24H17F3N4O. The van der Waals surface area contributed by atoms with Crippen molar-refractivity contribution in [3.8, 4) is 0 Å². The Bertz CT molecular complexity index is 1340. The molecule has 0 bridgehead atoms. The number of fused-ring (bicyclic) bond motifs is 3. The number of halogens is 3. The maximum Gasteiger partial charge on any atom is 0.416 e. The van der Waals surface area contributed by atoms with Gasteiger partial charge in [0.1, 0.15) is 6.04 Å². The van der Waals surface area contributed by atoms with Crippen molar-refractivity contribution in [1.82, 2.24) is 4.98 Å². The number of hydrazone groups is 1. The van der Waals surface area contributed by atoms with E-state index in [1.54, 1.807) is 0 Å². The summed E-state index contributed by atoms with van der Waals surface area (Å²) in [5.74, 6) is -0.723. The fraction of sp³-hybridized carbons (Fsp3) is 0.0833. The van der Waals surface area contributed by atoms with Crippen molar-refractivity contribution in [2.75, 3.05) is 5.01 Å².